The zero-order valence-electron chi connectivity index (χ0n) is 16.1. The zero-order chi connectivity index (χ0) is 20.1. The first-order valence-electron chi connectivity index (χ1n) is 9.78. The predicted octanol–water partition coefficient (Wildman–Crippen LogP) is 2.41. The molecule has 1 atom stereocenters. The number of carbonyl (C=O) groups is 2. The lowest BCUT2D eigenvalue weighted by Gasteiger charge is -2.20. The van der Waals surface area contributed by atoms with Gasteiger partial charge in [-0.05, 0) is 42.2 Å². The van der Waals surface area contributed by atoms with Gasteiger partial charge in [0.1, 0.15) is 13.2 Å². The summed E-state index contributed by atoms with van der Waals surface area (Å²) in [7, 11) is 0. The molecule has 1 aromatic heterocycles. The number of carbonyl (C=O) groups excluding carboxylic acids is 2. The number of pyridine rings is 1. The van der Waals surface area contributed by atoms with E-state index in [1.807, 2.05) is 12.1 Å². The Bertz CT molecular complexity index is 874. The van der Waals surface area contributed by atoms with E-state index in [1.165, 1.54) is 0 Å². The van der Waals surface area contributed by atoms with Crippen LogP contribution in [0.1, 0.15) is 18.4 Å². The van der Waals surface area contributed by atoms with Gasteiger partial charge in [-0.25, -0.2) is 4.79 Å². The maximum Gasteiger partial charge on any atom is 0.321 e. The average molecular weight is 396 g/mol. The van der Waals surface area contributed by atoms with Gasteiger partial charge in [-0.3, -0.25) is 9.78 Å². The van der Waals surface area contributed by atoms with Crippen molar-refractivity contribution in [1.82, 2.24) is 15.2 Å². The van der Waals surface area contributed by atoms with Gasteiger partial charge in [0.25, 0.3) is 0 Å². The molecule has 2 aliphatic rings. The minimum absolute atomic E-state index is 0.000839. The molecule has 1 fully saturated rings. The number of ether oxygens (including phenoxy) is 2. The van der Waals surface area contributed by atoms with Crippen LogP contribution in [0.4, 0.5) is 10.5 Å². The number of amides is 3. The quantitative estimate of drug-likeness (QED) is 0.810. The summed E-state index contributed by atoms with van der Waals surface area (Å²) in [6.45, 7) is 2.73. The van der Waals surface area contributed by atoms with Crippen LogP contribution in [0.5, 0.6) is 11.5 Å². The lowest BCUT2D eigenvalue weighted by molar-refractivity contribution is -0.122. The van der Waals surface area contributed by atoms with E-state index < -0.39 is 0 Å². The number of likely N-dealkylation sites (tertiary alicyclic amines) is 1. The maximum atomic E-state index is 12.6. The fourth-order valence-electron chi connectivity index (χ4n) is 3.54. The van der Waals surface area contributed by atoms with Crippen LogP contribution < -0.4 is 20.1 Å². The normalized spacial score (nSPS) is 17.7. The number of urea groups is 1. The molecular formula is C21H24N4O4. The second kappa shape index (κ2) is 8.81. The Morgan fingerprint density at radius 1 is 1.10 bits per heavy atom. The molecule has 0 saturated carbocycles. The van der Waals surface area contributed by atoms with Crippen LogP contribution >= 0.6 is 0 Å². The lowest BCUT2D eigenvalue weighted by Crippen LogP contribution is -2.33. The van der Waals surface area contributed by atoms with Gasteiger partial charge < -0.3 is 25.0 Å². The molecule has 3 heterocycles. The molecular weight excluding hydrogens is 372 g/mol. The van der Waals surface area contributed by atoms with E-state index in [9.17, 15) is 9.59 Å². The topological polar surface area (TPSA) is 92.8 Å². The first-order valence-corrected chi connectivity index (χ1v) is 9.78. The third-order valence-electron chi connectivity index (χ3n) is 5.08. The van der Waals surface area contributed by atoms with Crippen LogP contribution in [0.2, 0.25) is 0 Å². The van der Waals surface area contributed by atoms with Crippen molar-refractivity contribution in [1.29, 1.82) is 0 Å². The van der Waals surface area contributed by atoms with Gasteiger partial charge >= 0.3 is 6.03 Å². The molecule has 2 aliphatic heterocycles. The number of anilines is 1. The lowest BCUT2D eigenvalue weighted by atomic mass is 10.0. The molecule has 0 radical (unpaired) electrons. The minimum atomic E-state index is -0.165. The number of hydrogen-bond donors (Lipinski definition) is 2. The summed E-state index contributed by atoms with van der Waals surface area (Å²) in [4.78, 5) is 30.5. The highest BCUT2D eigenvalue weighted by Crippen LogP contribution is 2.32. The van der Waals surface area contributed by atoms with Crippen molar-refractivity contribution in [3.05, 3.63) is 48.3 Å². The maximum absolute atomic E-state index is 12.6. The van der Waals surface area contributed by atoms with Crippen molar-refractivity contribution in [2.45, 2.75) is 19.4 Å². The zero-order valence-corrected chi connectivity index (χ0v) is 16.1. The van der Waals surface area contributed by atoms with Gasteiger partial charge in [-0.2, -0.15) is 0 Å². The number of nitrogens with zero attached hydrogens (tertiary/aromatic N) is 2. The summed E-state index contributed by atoms with van der Waals surface area (Å²) in [5.74, 6) is 1.49. The first-order chi connectivity index (χ1) is 14.2. The number of benzene rings is 1. The van der Waals surface area contributed by atoms with E-state index in [-0.39, 0.29) is 17.9 Å². The van der Waals surface area contributed by atoms with Gasteiger partial charge in [-0.15, -0.1) is 0 Å². The van der Waals surface area contributed by atoms with Gasteiger partial charge in [-0.1, -0.05) is 0 Å². The van der Waals surface area contributed by atoms with Crippen LogP contribution in [0.25, 0.3) is 0 Å². The van der Waals surface area contributed by atoms with E-state index in [0.717, 1.165) is 12.0 Å². The number of fused-ring (bicyclic) bond motifs is 1. The van der Waals surface area contributed by atoms with Crippen LogP contribution in [0, 0.1) is 5.92 Å². The molecule has 4 rings (SSSR count). The molecule has 1 aromatic carbocycles. The first kappa shape index (κ1) is 19.0. The van der Waals surface area contributed by atoms with Crippen molar-refractivity contribution >= 4 is 17.6 Å². The highest BCUT2D eigenvalue weighted by atomic mass is 16.6. The summed E-state index contributed by atoms with van der Waals surface area (Å²) in [6.07, 6.45) is 4.64. The monoisotopic (exact) mass is 396 g/mol. The number of nitrogens with one attached hydrogen (secondary N) is 2. The van der Waals surface area contributed by atoms with Crippen molar-refractivity contribution in [3.8, 4) is 11.5 Å². The summed E-state index contributed by atoms with van der Waals surface area (Å²) in [5.41, 5.74) is 1.68. The van der Waals surface area contributed by atoms with E-state index in [1.54, 1.807) is 35.5 Å². The molecule has 3 amide bonds. The molecule has 0 spiro atoms. The Kier molecular flexibility index (Phi) is 5.79. The Morgan fingerprint density at radius 3 is 2.72 bits per heavy atom. The third-order valence-corrected chi connectivity index (χ3v) is 5.08. The smallest absolute Gasteiger partial charge is 0.321 e. The van der Waals surface area contributed by atoms with Gasteiger partial charge in [0.05, 0.1) is 0 Å². The molecule has 8 nitrogen and oxygen atoms in total. The minimum Gasteiger partial charge on any atom is -0.486 e. The SMILES string of the molecule is O=C(C[C@H]1CCN(C(=O)Nc2ccc3c(c2)OCCO3)C1)NCc1ccncc1. The molecule has 0 unspecified atom stereocenters. The van der Waals surface area contributed by atoms with Crippen molar-refractivity contribution in [3.63, 3.8) is 0 Å². The second-order valence-electron chi connectivity index (χ2n) is 7.23. The van der Waals surface area contributed by atoms with Crippen molar-refractivity contribution < 1.29 is 19.1 Å². The summed E-state index contributed by atoms with van der Waals surface area (Å²) < 4.78 is 11.0. The number of hydrogen-bond acceptors (Lipinski definition) is 5. The second-order valence-corrected chi connectivity index (χ2v) is 7.23. The molecule has 1 saturated heterocycles. The largest absolute Gasteiger partial charge is 0.486 e. The summed E-state index contributed by atoms with van der Waals surface area (Å²) in [5, 5.41) is 5.83. The van der Waals surface area contributed by atoms with E-state index in [4.69, 9.17) is 9.47 Å². The Hall–Kier alpha value is -3.29. The molecule has 2 aromatic rings. The van der Waals surface area contributed by atoms with Crippen LogP contribution in [-0.4, -0.2) is 48.1 Å². The Morgan fingerprint density at radius 2 is 1.90 bits per heavy atom. The summed E-state index contributed by atoms with van der Waals surface area (Å²) in [6, 6.07) is 8.95. The highest BCUT2D eigenvalue weighted by molar-refractivity contribution is 5.90. The van der Waals surface area contributed by atoms with Gasteiger partial charge in [0.2, 0.25) is 5.91 Å². The fourth-order valence-corrected chi connectivity index (χ4v) is 3.54. The number of aromatic nitrogens is 1. The molecule has 29 heavy (non-hydrogen) atoms. The Labute approximate surface area is 169 Å². The average Bonchev–Trinajstić information content (AvgIpc) is 3.21. The Balaban J connectivity index is 1.24. The van der Waals surface area contributed by atoms with Crippen LogP contribution in [-0.2, 0) is 11.3 Å². The molecule has 0 aliphatic carbocycles. The summed E-state index contributed by atoms with van der Waals surface area (Å²) >= 11 is 0. The molecule has 2 N–H and O–H groups in total. The standard InChI is InChI=1S/C21H24N4O4/c26-20(23-13-15-3-6-22-7-4-15)11-16-5-8-25(14-16)21(27)24-17-1-2-18-19(12-17)29-10-9-28-18/h1-4,6-7,12,16H,5,8-11,13-14H2,(H,23,26)(H,24,27)/t16-/m1/s1. The number of rotatable bonds is 5. The van der Waals surface area contributed by atoms with Crippen LogP contribution in [0.15, 0.2) is 42.7 Å². The highest BCUT2D eigenvalue weighted by Gasteiger charge is 2.28. The van der Waals surface area contributed by atoms with Crippen molar-refractivity contribution in [2.75, 3.05) is 31.6 Å². The molecule has 8 heteroatoms. The molecule has 0 bridgehead atoms. The van der Waals surface area contributed by atoms with E-state index in [2.05, 4.69) is 15.6 Å². The van der Waals surface area contributed by atoms with Crippen molar-refractivity contribution in [2.24, 2.45) is 5.92 Å². The fraction of sp³-hybridized carbons (Fsp3) is 0.381. The van der Waals surface area contributed by atoms with E-state index >= 15 is 0 Å². The van der Waals surface area contributed by atoms with Crippen LogP contribution in [0.3, 0.4) is 0 Å². The van der Waals surface area contributed by atoms with E-state index in [0.29, 0.717) is 56.5 Å². The molecule has 152 valence electrons. The van der Waals surface area contributed by atoms with Gasteiger partial charge in [0, 0.05) is 50.2 Å². The predicted molar refractivity (Wildman–Crippen MR) is 107 cm³/mol. The third kappa shape index (κ3) is 4.96. The van der Waals surface area contributed by atoms with Gasteiger partial charge in [0.15, 0.2) is 11.5 Å².